The van der Waals surface area contributed by atoms with Gasteiger partial charge in [-0.05, 0) is 82.9 Å². The SMILES string of the molecule is [C-]#[N+]c1cc(-c2nc(-c3ccc4c(c3)CCN(C(=O)OC(C)(C)C)CC4)no2)ccc1OC(C)C. The molecule has 0 radical (unpaired) electrons. The summed E-state index contributed by atoms with van der Waals surface area (Å²) < 4.78 is 16.8. The first-order chi connectivity index (χ1) is 16.6. The Bertz CT molecular complexity index is 1270. The molecular weight excluding hydrogens is 444 g/mol. The lowest BCUT2D eigenvalue weighted by Crippen LogP contribution is -2.38. The van der Waals surface area contributed by atoms with Crippen molar-refractivity contribution in [3.8, 4) is 28.6 Å². The Morgan fingerprint density at radius 1 is 1.09 bits per heavy atom. The van der Waals surface area contributed by atoms with Crippen LogP contribution in [0.15, 0.2) is 40.9 Å². The average Bonchev–Trinajstić information content (AvgIpc) is 3.18. The van der Waals surface area contributed by atoms with E-state index in [0.29, 0.717) is 41.8 Å². The van der Waals surface area contributed by atoms with Gasteiger partial charge < -0.3 is 18.9 Å². The highest BCUT2D eigenvalue weighted by molar-refractivity contribution is 5.70. The minimum atomic E-state index is -0.517. The maximum absolute atomic E-state index is 12.5. The zero-order valence-electron chi connectivity index (χ0n) is 20.8. The number of ether oxygens (including phenoxy) is 2. The van der Waals surface area contributed by atoms with Gasteiger partial charge in [-0.1, -0.05) is 17.3 Å². The molecule has 8 nitrogen and oxygen atoms in total. The standard InChI is InChI=1S/C27H30N4O4/c1-17(2)33-23-10-9-21(16-22(23)28-6)25-29-24(30-35-25)20-8-7-18-11-13-31(14-12-19(18)15-20)26(32)34-27(3,4)5/h7-10,15-17H,11-14H2,1-5H3. The molecule has 2 heterocycles. The van der Waals surface area contributed by atoms with Crippen molar-refractivity contribution in [2.24, 2.45) is 0 Å². The minimum Gasteiger partial charge on any atom is -0.502 e. The number of benzene rings is 2. The quantitative estimate of drug-likeness (QED) is 0.427. The fraction of sp³-hybridized carbons (Fsp3) is 0.407. The van der Waals surface area contributed by atoms with Crippen LogP contribution in [0.25, 0.3) is 27.7 Å². The van der Waals surface area contributed by atoms with Gasteiger partial charge in [0, 0.05) is 24.2 Å². The van der Waals surface area contributed by atoms with Crippen molar-refractivity contribution < 1.29 is 18.8 Å². The van der Waals surface area contributed by atoms with Gasteiger partial charge in [0.1, 0.15) is 11.4 Å². The molecule has 0 aliphatic carbocycles. The molecule has 0 N–H and O–H groups in total. The summed E-state index contributed by atoms with van der Waals surface area (Å²) in [5.74, 6) is 1.35. The highest BCUT2D eigenvalue weighted by atomic mass is 16.6. The van der Waals surface area contributed by atoms with E-state index in [-0.39, 0.29) is 12.2 Å². The van der Waals surface area contributed by atoms with Crippen LogP contribution in [0.2, 0.25) is 0 Å². The van der Waals surface area contributed by atoms with E-state index in [2.05, 4.69) is 27.1 Å². The number of nitrogens with zero attached hydrogens (tertiary/aromatic N) is 4. The number of carbonyl (C=O) groups is 1. The smallest absolute Gasteiger partial charge is 0.410 e. The van der Waals surface area contributed by atoms with Crippen molar-refractivity contribution in [2.75, 3.05) is 13.1 Å². The van der Waals surface area contributed by atoms with Crippen molar-refractivity contribution >= 4 is 11.8 Å². The summed E-state index contributed by atoms with van der Waals surface area (Å²) >= 11 is 0. The molecule has 0 bridgehead atoms. The van der Waals surface area contributed by atoms with Crippen molar-refractivity contribution in [2.45, 2.75) is 59.2 Å². The summed E-state index contributed by atoms with van der Waals surface area (Å²) in [6.07, 6.45) is 1.17. The summed E-state index contributed by atoms with van der Waals surface area (Å²) in [5, 5.41) is 4.17. The van der Waals surface area contributed by atoms with Gasteiger partial charge in [0.25, 0.3) is 5.89 Å². The molecule has 1 aliphatic heterocycles. The highest BCUT2D eigenvalue weighted by Gasteiger charge is 2.24. The molecule has 4 rings (SSSR count). The second kappa shape index (κ2) is 9.79. The topological polar surface area (TPSA) is 82.1 Å². The number of hydrogen-bond acceptors (Lipinski definition) is 6. The van der Waals surface area contributed by atoms with Crippen LogP contribution in [-0.4, -0.2) is 45.9 Å². The van der Waals surface area contributed by atoms with Crippen molar-refractivity contribution in [1.29, 1.82) is 0 Å². The van der Waals surface area contributed by atoms with E-state index in [9.17, 15) is 4.79 Å². The summed E-state index contributed by atoms with van der Waals surface area (Å²) in [5.41, 5.74) is 3.74. The Labute approximate surface area is 205 Å². The fourth-order valence-corrected chi connectivity index (χ4v) is 3.92. The third-order valence-electron chi connectivity index (χ3n) is 5.53. The summed E-state index contributed by atoms with van der Waals surface area (Å²) in [6, 6.07) is 11.4. The third kappa shape index (κ3) is 5.80. The van der Waals surface area contributed by atoms with Crippen LogP contribution in [-0.2, 0) is 17.6 Å². The molecule has 2 aromatic carbocycles. The second-order valence-electron chi connectivity index (χ2n) is 9.83. The lowest BCUT2D eigenvalue weighted by atomic mass is 10.00. The zero-order chi connectivity index (χ0) is 25.2. The molecular formula is C27H30N4O4. The lowest BCUT2D eigenvalue weighted by molar-refractivity contribution is 0.0258. The maximum Gasteiger partial charge on any atom is 0.410 e. The van der Waals surface area contributed by atoms with Gasteiger partial charge in [-0.25, -0.2) is 9.64 Å². The Kier molecular flexibility index (Phi) is 6.79. The van der Waals surface area contributed by atoms with Gasteiger partial charge in [0.15, 0.2) is 0 Å². The van der Waals surface area contributed by atoms with E-state index >= 15 is 0 Å². The van der Waals surface area contributed by atoms with Crippen molar-refractivity contribution in [3.05, 3.63) is 58.9 Å². The van der Waals surface area contributed by atoms with Crippen LogP contribution in [0.4, 0.5) is 10.5 Å². The van der Waals surface area contributed by atoms with E-state index in [0.717, 1.165) is 24.0 Å². The number of fused-ring (bicyclic) bond motifs is 1. The molecule has 0 saturated heterocycles. The summed E-state index contributed by atoms with van der Waals surface area (Å²) in [7, 11) is 0. The summed E-state index contributed by atoms with van der Waals surface area (Å²) in [6.45, 7) is 18.1. The van der Waals surface area contributed by atoms with E-state index in [1.807, 2.05) is 46.8 Å². The molecule has 182 valence electrons. The number of aromatic nitrogens is 2. The highest BCUT2D eigenvalue weighted by Crippen LogP contribution is 2.34. The van der Waals surface area contributed by atoms with Crippen molar-refractivity contribution in [3.63, 3.8) is 0 Å². The molecule has 0 unspecified atom stereocenters. The molecule has 1 aliphatic rings. The van der Waals surface area contributed by atoms with Crippen LogP contribution in [0, 0.1) is 6.57 Å². The van der Waals surface area contributed by atoms with Gasteiger partial charge >= 0.3 is 6.09 Å². The molecule has 1 amide bonds. The second-order valence-corrected chi connectivity index (χ2v) is 9.83. The number of rotatable bonds is 4. The van der Waals surface area contributed by atoms with Crippen LogP contribution in [0.3, 0.4) is 0 Å². The number of hydrogen-bond donors (Lipinski definition) is 0. The number of amides is 1. The molecule has 35 heavy (non-hydrogen) atoms. The minimum absolute atomic E-state index is 0.0271. The molecule has 3 aromatic rings. The largest absolute Gasteiger partial charge is 0.502 e. The average molecular weight is 475 g/mol. The van der Waals surface area contributed by atoms with Crippen LogP contribution in [0.5, 0.6) is 5.75 Å². The zero-order valence-corrected chi connectivity index (χ0v) is 20.8. The molecule has 0 saturated carbocycles. The Hall–Kier alpha value is -3.86. The van der Waals surface area contributed by atoms with Crippen LogP contribution >= 0.6 is 0 Å². The normalized spacial score (nSPS) is 13.7. The predicted molar refractivity (Wildman–Crippen MR) is 132 cm³/mol. The molecule has 8 heteroatoms. The van der Waals surface area contributed by atoms with E-state index < -0.39 is 5.60 Å². The first-order valence-corrected chi connectivity index (χ1v) is 11.8. The van der Waals surface area contributed by atoms with Gasteiger partial charge in [-0.15, -0.1) is 0 Å². The van der Waals surface area contributed by atoms with E-state index in [4.69, 9.17) is 20.6 Å². The summed E-state index contributed by atoms with van der Waals surface area (Å²) in [4.78, 5) is 22.4. The van der Waals surface area contributed by atoms with Gasteiger partial charge in [-0.2, -0.15) is 4.98 Å². The Morgan fingerprint density at radius 2 is 1.80 bits per heavy atom. The third-order valence-corrected chi connectivity index (χ3v) is 5.53. The maximum atomic E-state index is 12.5. The van der Waals surface area contributed by atoms with E-state index in [1.165, 1.54) is 5.56 Å². The lowest BCUT2D eigenvalue weighted by Gasteiger charge is -2.26. The molecule has 0 spiro atoms. The molecule has 0 atom stereocenters. The van der Waals surface area contributed by atoms with Crippen LogP contribution < -0.4 is 4.74 Å². The van der Waals surface area contributed by atoms with E-state index in [1.54, 1.807) is 17.0 Å². The van der Waals surface area contributed by atoms with Crippen LogP contribution in [0.1, 0.15) is 45.7 Å². The number of carbonyl (C=O) groups excluding carboxylic acids is 1. The Balaban J connectivity index is 1.52. The monoisotopic (exact) mass is 474 g/mol. The van der Waals surface area contributed by atoms with Gasteiger partial charge in [-0.3, -0.25) is 0 Å². The van der Waals surface area contributed by atoms with Gasteiger partial charge in [0.05, 0.1) is 12.7 Å². The first-order valence-electron chi connectivity index (χ1n) is 11.8. The molecule has 0 fully saturated rings. The predicted octanol–water partition coefficient (Wildman–Crippen LogP) is 6.08. The van der Waals surface area contributed by atoms with Gasteiger partial charge in [0.2, 0.25) is 11.5 Å². The molecule has 1 aromatic heterocycles. The first kappa shape index (κ1) is 24.3. The fourth-order valence-electron chi connectivity index (χ4n) is 3.92. The van der Waals surface area contributed by atoms with Crippen molar-refractivity contribution in [1.82, 2.24) is 15.0 Å². The Morgan fingerprint density at radius 3 is 2.49 bits per heavy atom.